The molecule has 0 fully saturated rings. The van der Waals surface area contributed by atoms with Gasteiger partial charge in [-0.3, -0.25) is 0 Å². The number of benzene rings is 1. The van der Waals surface area contributed by atoms with Crippen LogP contribution in [0.1, 0.15) is 29.3 Å². The minimum absolute atomic E-state index is 0.469. The first kappa shape index (κ1) is 18.9. The second-order valence-corrected chi connectivity index (χ2v) is 7.62. The SMILES string of the molecule is Cc1nc2ccnn2c(C)c1CCc1nc(-c2cc(Cl)c3c(c2)OCCCO3)no1. The Bertz CT molecular complexity index is 1230. The summed E-state index contributed by atoms with van der Waals surface area (Å²) in [4.78, 5) is 9.16. The summed E-state index contributed by atoms with van der Waals surface area (Å²) < 4.78 is 18.8. The van der Waals surface area contributed by atoms with Gasteiger partial charge in [-0.25, -0.2) is 9.50 Å². The molecule has 4 heterocycles. The van der Waals surface area contributed by atoms with Crippen LogP contribution in [0.4, 0.5) is 0 Å². The standard InChI is InChI=1S/C21H20ClN5O3/c1-12-15(13(2)27-18(24-12)6-7-23-27)4-5-19-25-21(26-30-19)14-10-16(22)20-17(11-14)28-8-3-9-29-20/h6-7,10-11H,3-5,8-9H2,1-2H3. The van der Waals surface area contributed by atoms with Gasteiger partial charge >= 0.3 is 0 Å². The molecule has 1 aromatic carbocycles. The monoisotopic (exact) mass is 425 g/mol. The van der Waals surface area contributed by atoms with E-state index in [1.165, 1.54) is 0 Å². The first-order valence-corrected chi connectivity index (χ1v) is 10.2. The van der Waals surface area contributed by atoms with Crippen molar-refractivity contribution in [2.45, 2.75) is 33.1 Å². The highest BCUT2D eigenvalue weighted by Gasteiger charge is 2.19. The van der Waals surface area contributed by atoms with E-state index in [2.05, 4.69) is 20.2 Å². The maximum atomic E-state index is 6.38. The van der Waals surface area contributed by atoms with E-state index in [9.17, 15) is 0 Å². The Morgan fingerprint density at radius 3 is 2.87 bits per heavy atom. The molecule has 0 saturated carbocycles. The van der Waals surface area contributed by atoms with Crippen molar-refractivity contribution in [1.82, 2.24) is 24.7 Å². The smallest absolute Gasteiger partial charge is 0.227 e. The minimum atomic E-state index is 0.469. The molecule has 4 aromatic rings. The van der Waals surface area contributed by atoms with E-state index in [0.29, 0.717) is 47.9 Å². The van der Waals surface area contributed by atoms with Gasteiger partial charge in [0.1, 0.15) is 0 Å². The number of hydrogen-bond donors (Lipinski definition) is 0. The molecular formula is C21H20ClN5O3. The van der Waals surface area contributed by atoms with Crippen molar-refractivity contribution in [3.05, 3.63) is 52.3 Å². The average Bonchev–Trinajstić information content (AvgIpc) is 3.32. The molecule has 1 aliphatic rings. The Balaban J connectivity index is 1.38. The summed E-state index contributed by atoms with van der Waals surface area (Å²) in [7, 11) is 0. The number of halogens is 1. The van der Waals surface area contributed by atoms with Crippen LogP contribution in [-0.2, 0) is 12.8 Å². The molecule has 0 amide bonds. The van der Waals surface area contributed by atoms with Crippen molar-refractivity contribution in [2.24, 2.45) is 0 Å². The zero-order valence-corrected chi connectivity index (χ0v) is 17.4. The van der Waals surface area contributed by atoms with Crippen LogP contribution in [0.15, 0.2) is 28.9 Å². The average molecular weight is 426 g/mol. The summed E-state index contributed by atoms with van der Waals surface area (Å²) >= 11 is 6.38. The first-order valence-electron chi connectivity index (χ1n) is 9.82. The third-order valence-electron chi connectivity index (χ3n) is 5.21. The summed E-state index contributed by atoms with van der Waals surface area (Å²) in [5.41, 5.74) is 4.75. The second-order valence-electron chi connectivity index (χ2n) is 7.21. The molecule has 0 aliphatic carbocycles. The van der Waals surface area contributed by atoms with Crippen molar-refractivity contribution in [3.63, 3.8) is 0 Å². The van der Waals surface area contributed by atoms with Gasteiger partial charge in [0.05, 0.1) is 24.4 Å². The van der Waals surface area contributed by atoms with Gasteiger partial charge in [-0.05, 0) is 38.0 Å². The molecule has 0 radical (unpaired) electrons. The second kappa shape index (κ2) is 7.60. The summed E-state index contributed by atoms with van der Waals surface area (Å²) in [6.07, 6.45) is 3.89. The molecule has 5 rings (SSSR count). The number of hydrogen-bond acceptors (Lipinski definition) is 7. The quantitative estimate of drug-likeness (QED) is 0.488. The van der Waals surface area contributed by atoms with Gasteiger partial charge in [-0.1, -0.05) is 16.8 Å². The van der Waals surface area contributed by atoms with Crippen molar-refractivity contribution in [3.8, 4) is 22.9 Å². The minimum Gasteiger partial charge on any atom is -0.489 e. The molecule has 0 N–H and O–H groups in total. The van der Waals surface area contributed by atoms with E-state index in [0.717, 1.165) is 41.0 Å². The third kappa shape index (κ3) is 3.37. The van der Waals surface area contributed by atoms with Crippen LogP contribution < -0.4 is 9.47 Å². The summed E-state index contributed by atoms with van der Waals surface area (Å²) in [5, 5.41) is 8.93. The van der Waals surface area contributed by atoms with Crippen LogP contribution in [0.25, 0.3) is 17.0 Å². The zero-order valence-electron chi connectivity index (χ0n) is 16.7. The number of ether oxygens (including phenoxy) is 2. The molecule has 9 heteroatoms. The molecule has 154 valence electrons. The molecule has 0 unspecified atom stereocenters. The molecular weight excluding hydrogens is 406 g/mol. The zero-order chi connectivity index (χ0) is 20.7. The lowest BCUT2D eigenvalue weighted by Crippen LogP contribution is -2.06. The lowest BCUT2D eigenvalue weighted by molar-refractivity contribution is 0.297. The largest absolute Gasteiger partial charge is 0.489 e. The highest BCUT2D eigenvalue weighted by atomic mass is 35.5. The first-order chi connectivity index (χ1) is 14.6. The summed E-state index contributed by atoms with van der Waals surface area (Å²) in [6.45, 7) is 5.21. The highest BCUT2D eigenvalue weighted by molar-refractivity contribution is 6.32. The number of aryl methyl sites for hydroxylation is 3. The summed E-state index contributed by atoms with van der Waals surface area (Å²) in [6, 6.07) is 5.51. The Kier molecular flexibility index (Phi) is 4.78. The molecule has 0 saturated heterocycles. The lowest BCUT2D eigenvalue weighted by Gasteiger charge is -2.10. The summed E-state index contributed by atoms with van der Waals surface area (Å²) in [5.74, 6) is 2.18. The fraction of sp³-hybridized carbons (Fsp3) is 0.333. The van der Waals surface area contributed by atoms with Crippen molar-refractivity contribution < 1.29 is 14.0 Å². The Hall–Kier alpha value is -3.13. The van der Waals surface area contributed by atoms with Crippen LogP contribution in [0.3, 0.4) is 0 Å². The van der Waals surface area contributed by atoms with Gasteiger partial charge < -0.3 is 14.0 Å². The molecule has 8 nitrogen and oxygen atoms in total. The molecule has 1 aliphatic heterocycles. The lowest BCUT2D eigenvalue weighted by atomic mass is 10.1. The Labute approximate surface area is 177 Å². The molecule has 0 bridgehead atoms. The topological polar surface area (TPSA) is 87.6 Å². The van der Waals surface area contributed by atoms with Crippen LogP contribution in [0, 0.1) is 13.8 Å². The predicted octanol–water partition coefficient (Wildman–Crippen LogP) is 4.00. The van der Waals surface area contributed by atoms with Crippen molar-refractivity contribution >= 4 is 17.2 Å². The molecule has 0 spiro atoms. The van der Waals surface area contributed by atoms with E-state index in [1.807, 2.05) is 30.5 Å². The molecule has 30 heavy (non-hydrogen) atoms. The third-order valence-corrected chi connectivity index (χ3v) is 5.49. The van der Waals surface area contributed by atoms with E-state index >= 15 is 0 Å². The number of aromatic nitrogens is 5. The van der Waals surface area contributed by atoms with E-state index < -0.39 is 0 Å². The Morgan fingerprint density at radius 1 is 1.10 bits per heavy atom. The van der Waals surface area contributed by atoms with Gasteiger partial charge in [-0.15, -0.1) is 0 Å². The van der Waals surface area contributed by atoms with Gasteiger partial charge in [0.25, 0.3) is 0 Å². The van der Waals surface area contributed by atoms with E-state index in [4.69, 9.17) is 25.6 Å². The van der Waals surface area contributed by atoms with Crippen molar-refractivity contribution in [1.29, 1.82) is 0 Å². The molecule has 0 atom stereocenters. The van der Waals surface area contributed by atoms with Crippen LogP contribution in [-0.4, -0.2) is 38.0 Å². The highest BCUT2D eigenvalue weighted by Crippen LogP contribution is 2.40. The fourth-order valence-corrected chi connectivity index (χ4v) is 3.96. The van der Waals surface area contributed by atoms with Crippen LogP contribution >= 0.6 is 11.6 Å². The van der Waals surface area contributed by atoms with Gasteiger partial charge in [0, 0.05) is 35.9 Å². The molecule has 3 aromatic heterocycles. The van der Waals surface area contributed by atoms with Gasteiger partial charge in [0.15, 0.2) is 17.1 Å². The fourth-order valence-electron chi connectivity index (χ4n) is 3.70. The Morgan fingerprint density at radius 2 is 1.97 bits per heavy atom. The number of rotatable bonds is 4. The van der Waals surface area contributed by atoms with Crippen LogP contribution in [0.5, 0.6) is 11.5 Å². The predicted molar refractivity (Wildman–Crippen MR) is 110 cm³/mol. The van der Waals surface area contributed by atoms with Crippen molar-refractivity contribution in [2.75, 3.05) is 13.2 Å². The maximum Gasteiger partial charge on any atom is 0.227 e. The maximum absolute atomic E-state index is 6.38. The number of nitrogens with zero attached hydrogens (tertiary/aromatic N) is 5. The number of fused-ring (bicyclic) bond motifs is 2. The van der Waals surface area contributed by atoms with E-state index in [1.54, 1.807) is 12.3 Å². The van der Waals surface area contributed by atoms with Gasteiger partial charge in [-0.2, -0.15) is 10.1 Å². The van der Waals surface area contributed by atoms with E-state index in [-0.39, 0.29) is 0 Å². The van der Waals surface area contributed by atoms with Crippen LogP contribution in [0.2, 0.25) is 5.02 Å². The normalized spacial score (nSPS) is 13.6. The van der Waals surface area contributed by atoms with Gasteiger partial charge in [0.2, 0.25) is 11.7 Å².